The van der Waals surface area contributed by atoms with E-state index in [0.717, 1.165) is 16.8 Å². The summed E-state index contributed by atoms with van der Waals surface area (Å²) in [5, 5.41) is 5.49. The fourth-order valence-electron chi connectivity index (χ4n) is 2.19. The maximum absolute atomic E-state index is 4.31. The number of hydrogen-bond donors (Lipinski definition) is 2. The normalized spacial score (nSPS) is 11.3. The Balaban J connectivity index is 1.79. The summed E-state index contributed by atoms with van der Waals surface area (Å²) in [7, 11) is 0. The van der Waals surface area contributed by atoms with Crippen molar-refractivity contribution in [1.82, 2.24) is 4.98 Å². The van der Waals surface area contributed by atoms with Crippen LogP contribution in [-0.4, -0.2) is 11.2 Å². The molecule has 3 rings (SSSR count). The molecular formula is C17H17N3. The molecule has 0 radical (unpaired) electrons. The average molecular weight is 263 g/mol. The highest BCUT2D eigenvalue weighted by Crippen LogP contribution is 2.16. The molecule has 20 heavy (non-hydrogen) atoms. The SMILES string of the molecule is Cc1ccc(N/N=C/c2c[nH]c3ccccc23)cc1C. The van der Waals surface area contributed by atoms with Gasteiger partial charge in [-0.3, -0.25) is 5.43 Å². The van der Waals surface area contributed by atoms with Gasteiger partial charge in [0.2, 0.25) is 0 Å². The summed E-state index contributed by atoms with van der Waals surface area (Å²) in [4.78, 5) is 3.23. The molecule has 1 heterocycles. The summed E-state index contributed by atoms with van der Waals surface area (Å²) < 4.78 is 0. The van der Waals surface area contributed by atoms with Crippen LogP contribution in [0.25, 0.3) is 10.9 Å². The third kappa shape index (κ3) is 2.43. The number of fused-ring (bicyclic) bond motifs is 1. The number of para-hydroxylation sites is 1. The Kier molecular flexibility index (Phi) is 3.25. The topological polar surface area (TPSA) is 40.2 Å². The first-order valence-electron chi connectivity index (χ1n) is 6.66. The van der Waals surface area contributed by atoms with Crippen molar-refractivity contribution < 1.29 is 0 Å². The van der Waals surface area contributed by atoms with Gasteiger partial charge in [0.05, 0.1) is 11.9 Å². The molecule has 0 amide bonds. The van der Waals surface area contributed by atoms with E-state index in [4.69, 9.17) is 0 Å². The van der Waals surface area contributed by atoms with Crippen molar-refractivity contribution in [3.8, 4) is 0 Å². The van der Waals surface area contributed by atoms with Crippen LogP contribution < -0.4 is 5.43 Å². The van der Waals surface area contributed by atoms with Crippen molar-refractivity contribution in [2.24, 2.45) is 5.10 Å². The molecule has 0 aliphatic carbocycles. The highest BCUT2D eigenvalue weighted by molar-refractivity contribution is 5.99. The standard InChI is InChI=1S/C17H17N3/c1-12-7-8-15(9-13(12)2)20-19-11-14-10-18-17-6-4-3-5-16(14)17/h3-11,18,20H,1-2H3/b19-11+. The molecule has 3 heteroatoms. The Morgan fingerprint density at radius 2 is 1.90 bits per heavy atom. The van der Waals surface area contributed by atoms with Gasteiger partial charge < -0.3 is 4.98 Å². The molecule has 3 nitrogen and oxygen atoms in total. The second kappa shape index (κ2) is 5.21. The second-order valence-corrected chi connectivity index (χ2v) is 4.96. The molecule has 2 aromatic carbocycles. The summed E-state index contributed by atoms with van der Waals surface area (Å²) in [6, 6.07) is 14.4. The monoisotopic (exact) mass is 263 g/mol. The fourth-order valence-corrected chi connectivity index (χ4v) is 2.19. The van der Waals surface area contributed by atoms with Crippen LogP contribution >= 0.6 is 0 Å². The van der Waals surface area contributed by atoms with Crippen molar-refractivity contribution in [2.45, 2.75) is 13.8 Å². The van der Waals surface area contributed by atoms with Crippen LogP contribution in [0.1, 0.15) is 16.7 Å². The zero-order valence-electron chi connectivity index (χ0n) is 11.6. The molecule has 0 saturated heterocycles. The molecular weight excluding hydrogens is 246 g/mol. The Bertz CT molecular complexity index is 769. The Labute approximate surface area is 118 Å². The number of hydrazone groups is 1. The molecule has 0 aliphatic heterocycles. The van der Waals surface area contributed by atoms with Gasteiger partial charge in [-0.1, -0.05) is 24.3 Å². The van der Waals surface area contributed by atoms with Crippen LogP contribution in [0.2, 0.25) is 0 Å². The van der Waals surface area contributed by atoms with Gasteiger partial charge in [-0.25, -0.2) is 0 Å². The number of hydrogen-bond acceptors (Lipinski definition) is 2. The van der Waals surface area contributed by atoms with E-state index >= 15 is 0 Å². The molecule has 3 aromatic rings. The highest BCUT2D eigenvalue weighted by atomic mass is 15.3. The number of aryl methyl sites for hydroxylation is 2. The van der Waals surface area contributed by atoms with Gasteiger partial charge in [0.25, 0.3) is 0 Å². The maximum atomic E-state index is 4.31. The Hall–Kier alpha value is -2.55. The molecule has 100 valence electrons. The summed E-state index contributed by atoms with van der Waals surface area (Å²) in [6.07, 6.45) is 3.81. The minimum absolute atomic E-state index is 1.00. The molecule has 0 bridgehead atoms. The van der Waals surface area contributed by atoms with Gasteiger partial charge in [-0.05, 0) is 43.2 Å². The zero-order valence-corrected chi connectivity index (χ0v) is 11.6. The first-order chi connectivity index (χ1) is 9.74. The summed E-state index contributed by atoms with van der Waals surface area (Å²) in [5.74, 6) is 0. The lowest BCUT2D eigenvalue weighted by Gasteiger charge is -2.03. The van der Waals surface area contributed by atoms with Crippen LogP contribution in [0.4, 0.5) is 5.69 Å². The fraction of sp³-hybridized carbons (Fsp3) is 0.118. The molecule has 0 fully saturated rings. The van der Waals surface area contributed by atoms with Gasteiger partial charge in [0, 0.05) is 22.7 Å². The quantitative estimate of drug-likeness (QED) is 0.538. The lowest BCUT2D eigenvalue weighted by Crippen LogP contribution is -1.91. The van der Waals surface area contributed by atoms with E-state index in [0.29, 0.717) is 0 Å². The number of nitrogens with one attached hydrogen (secondary N) is 2. The predicted octanol–water partition coefficient (Wildman–Crippen LogP) is 4.23. The number of aromatic amines is 1. The van der Waals surface area contributed by atoms with Gasteiger partial charge in [0.1, 0.15) is 0 Å². The maximum Gasteiger partial charge on any atom is 0.0566 e. The minimum Gasteiger partial charge on any atom is -0.361 e. The number of nitrogens with zero attached hydrogens (tertiary/aromatic N) is 1. The molecule has 0 saturated carbocycles. The molecule has 0 unspecified atom stereocenters. The lowest BCUT2D eigenvalue weighted by molar-refractivity contribution is 1.29. The molecule has 1 aromatic heterocycles. The van der Waals surface area contributed by atoms with Crippen molar-refractivity contribution in [3.05, 3.63) is 65.4 Å². The number of H-pyrrole nitrogens is 1. The predicted molar refractivity (Wildman–Crippen MR) is 85.4 cm³/mol. The van der Waals surface area contributed by atoms with Crippen LogP contribution in [0.3, 0.4) is 0 Å². The average Bonchev–Trinajstić information content (AvgIpc) is 2.86. The molecule has 2 N–H and O–H groups in total. The Morgan fingerprint density at radius 3 is 2.75 bits per heavy atom. The van der Waals surface area contributed by atoms with Crippen molar-refractivity contribution in [1.29, 1.82) is 0 Å². The van der Waals surface area contributed by atoms with E-state index in [-0.39, 0.29) is 0 Å². The van der Waals surface area contributed by atoms with Gasteiger partial charge >= 0.3 is 0 Å². The number of anilines is 1. The van der Waals surface area contributed by atoms with Crippen molar-refractivity contribution >= 4 is 22.8 Å². The smallest absolute Gasteiger partial charge is 0.0566 e. The van der Waals surface area contributed by atoms with E-state index in [1.807, 2.05) is 30.6 Å². The zero-order chi connectivity index (χ0) is 13.9. The molecule has 0 spiro atoms. The number of benzene rings is 2. The van der Waals surface area contributed by atoms with Gasteiger partial charge in [-0.2, -0.15) is 5.10 Å². The molecule has 0 atom stereocenters. The third-order valence-electron chi connectivity index (χ3n) is 3.53. The van der Waals surface area contributed by atoms with Crippen LogP contribution in [-0.2, 0) is 0 Å². The van der Waals surface area contributed by atoms with E-state index in [1.165, 1.54) is 16.5 Å². The van der Waals surface area contributed by atoms with Crippen LogP contribution in [0.5, 0.6) is 0 Å². The third-order valence-corrected chi connectivity index (χ3v) is 3.53. The lowest BCUT2D eigenvalue weighted by atomic mass is 10.1. The number of aromatic nitrogens is 1. The summed E-state index contributed by atoms with van der Waals surface area (Å²) in [6.45, 7) is 4.21. The van der Waals surface area contributed by atoms with Crippen molar-refractivity contribution in [3.63, 3.8) is 0 Å². The van der Waals surface area contributed by atoms with Crippen LogP contribution in [0, 0.1) is 13.8 Å². The first-order valence-corrected chi connectivity index (χ1v) is 6.66. The van der Waals surface area contributed by atoms with E-state index in [2.05, 4.69) is 53.6 Å². The summed E-state index contributed by atoms with van der Waals surface area (Å²) in [5.41, 5.74) is 8.83. The largest absolute Gasteiger partial charge is 0.361 e. The van der Waals surface area contributed by atoms with Crippen LogP contribution in [0.15, 0.2) is 53.8 Å². The second-order valence-electron chi connectivity index (χ2n) is 4.96. The highest BCUT2D eigenvalue weighted by Gasteiger charge is 1.99. The number of rotatable bonds is 3. The van der Waals surface area contributed by atoms with Gasteiger partial charge in [-0.15, -0.1) is 0 Å². The first kappa shape index (κ1) is 12.5. The van der Waals surface area contributed by atoms with Crippen molar-refractivity contribution in [2.75, 3.05) is 5.43 Å². The summed E-state index contributed by atoms with van der Waals surface area (Å²) >= 11 is 0. The van der Waals surface area contributed by atoms with E-state index in [1.54, 1.807) is 0 Å². The minimum atomic E-state index is 1.00. The van der Waals surface area contributed by atoms with E-state index in [9.17, 15) is 0 Å². The molecule has 0 aliphatic rings. The Morgan fingerprint density at radius 1 is 1.05 bits per heavy atom. The van der Waals surface area contributed by atoms with E-state index < -0.39 is 0 Å². The van der Waals surface area contributed by atoms with Gasteiger partial charge in [0.15, 0.2) is 0 Å².